The molecule has 8 heteroatoms. The van der Waals surface area contributed by atoms with Gasteiger partial charge in [0.1, 0.15) is 29.8 Å². The van der Waals surface area contributed by atoms with Gasteiger partial charge in [0.05, 0.1) is 33.5 Å². The quantitative estimate of drug-likeness (QED) is 0.685. The Morgan fingerprint density at radius 3 is 2.43 bits per heavy atom. The standard InChI is InChI=1S/C15H20N2O5S/c1-19-9-3-8(4-10(5-9)20-2)16-15(23)17-11-6-21-14-12(18)7-22-13(11)14/h3-5,11-14,18H,6-7H2,1-2H3,(H2,16,17,23)/t11-,12-,13-,14+/m1/s1. The molecule has 0 unspecified atom stereocenters. The van der Waals surface area contributed by atoms with Gasteiger partial charge in [-0.05, 0) is 12.2 Å². The summed E-state index contributed by atoms with van der Waals surface area (Å²) in [6.45, 7) is 0.733. The van der Waals surface area contributed by atoms with Crippen LogP contribution in [0.15, 0.2) is 18.2 Å². The summed E-state index contributed by atoms with van der Waals surface area (Å²) in [5.41, 5.74) is 0.751. The van der Waals surface area contributed by atoms with E-state index in [2.05, 4.69) is 10.6 Å². The Balaban J connectivity index is 1.61. The van der Waals surface area contributed by atoms with E-state index in [9.17, 15) is 5.11 Å². The molecule has 0 radical (unpaired) electrons. The minimum atomic E-state index is -0.573. The number of ether oxygens (including phenoxy) is 4. The molecule has 2 aliphatic rings. The summed E-state index contributed by atoms with van der Waals surface area (Å²) in [7, 11) is 3.18. The van der Waals surface area contributed by atoms with Gasteiger partial charge in [0.25, 0.3) is 0 Å². The fraction of sp³-hybridized carbons (Fsp3) is 0.533. The number of methoxy groups -OCH3 is 2. The maximum atomic E-state index is 9.75. The number of benzene rings is 1. The number of aliphatic hydroxyl groups is 1. The van der Waals surface area contributed by atoms with Crippen molar-refractivity contribution in [3.8, 4) is 11.5 Å². The van der Waals surface area contributed by atoms with E-state index in [1.165, 1.54) is 0 Å². The monoisotopic (exact) mass is 340 g/mol. The Morgan fingerprint density at radius 1 is 1.13 bits per heavy atom. The normalized spacial score (nSPS) is 29.0. The maximum absolute atomic E-state index is 9.75. The first-order valence-electron chi connectivity index (χ1n) is 7.32. The number of thiocarbonyl (C=S) groups is 1. The van der Waals surface area contributed by atoms with Crippen molar-refractivity contribution in [2.45, 2.75) is 24.4 Å². The van der Waals surface area contributed by atoms with Gasteiger partial charge in [-0.2, -0.15) is 0 Å². The molecular formula is C15H20N2O5S. The lowest BCUT2D eigenvalue weighted by Gasteiger charge is -2.20. The summed E-state index contributed by atoms with van der Waals surface area (Å²) in [5.74, 6) is 1.34. The van der Waals surface area contributed by atoms with Gasteiger partial charge in [0.15, 0.2) is 5.11 Å². The van der Waals surface area contributed by atoms with E-state index in [0.717, 1.165) is 5.69 Å². The number of nitrogens with one attached hydrogen (secondary N) is 2. The Kier molecular flexibility index (Phi) is 4.86. The topological polar surface area (TPSA) is 81.2 Å². The lowest BCUT2D eigenvalue weighted by molar-refractivity contribution is 0.0180. The molecule has 7 nitrogen and oxygen atoms in total. The molecule has 1 aromatic rings. The molecule has 0 saturated carbocycles. The average molecular weight is 340 g/mol. The van der Waals surface area contributed by atoms with Crippen LogP contribution in [-0.2, 0) is 9.47 Å². The minimum absolute atomic E-state index is 0.0929. The molecule has 0 aromatic heterocycles. The van der Waals surface area contributed by atoms with Gasteiger partial charge in [0, 0.05) is 23.9 Å². The van der Waals surface area contributed by atoms with Crippen LogP contribution in [0.5, 0.6) is 11.5 Å². The molecular weight excluding hydrogens is 320 g/mol. The van der Waals surface area contributed by atoms with Crippen LogP contribution in [0.1, 0.15) is 0 Å². The molecule has 4 atom stereocenters. The Labute approximate surface area is 139 Å². The zero-order chi connectivity index (χ0) is 16.4. The second-order valence-corrected chi connectivity index (χ2v) is 5.88. The Morgan fingerprint density at radius 2 is 1.78 bits per heavy atom. The fourth-order valence-electron chi connectivity index (χ4n) is 2.82. The highest BCUT2D eigenvalue weighted by atomic mass is 32.1. The molecule has 0 aliphatic carbocycles. The number of rotatable bonds is 4. The summed E-state index contributed by atoms with van der Waals surface area (Å²) in [4.78, 5) is 0. The number of aliphatic hydroxyl groups excluding tert-OH is 1. The third-order valence-corrected chi connectivity index (χ3v) is 4.17. The van der Waals surface area contributed by atoms with Gasteiger partial charge in [0.2, 0.25) is 0 Å². The summed E-state index contributed by atoms with van der Waals surface area (Å²) in [5, 5.41) is 16.5. The molecule has 3 rings (SSSR count). The summed E-state index contributed by atoms with van der Waals surface area (Å²) >= 11 is 5.34. The first kappa shape index (κ1) is 16.3. The van der Waals surface area contributed by atoms with Crippen LogP contribution < -0.4 is 20.1 Å². The van der Waals surface area contributed by atoms with Crippen LogP contribution in [0.4, 0.5) is 5.69 Å². The van der Waals surface area contributed by atoms with Crippen LogP contribution in [0.2, 0.25) is 0 Å². The van der Waals surface area contributed by atoms with Crippen molar-refractivity contribution < 1.29 is 24.1 Å². The molecule has 2 saturated heterocycles. The van der Waals surface area contributed by atoms with Crippen LogP contribution >= 0.6 is 12.2 Å². The van der Waals surface area contributed by atoms with Crippen LogP contribution in [-0.4, -0.2) is 62.0 Å². The average Bonchev–Trinajstić information content (AvgIpc) is 3.11. The van der Waals surface area contributed by atoms with E-state index < -0.39 is 6.10 Å². The molecule has 2 heterocycles. The largest absolute Gasteiger partial charge is 0.497 e. The van der Waals surface area contributed by atoms with Crippen molar-refractivity contribution in [1.29, 1.82) is 0 Å². The van der Waals surface area contributed by atoms with Crippen LogP contribution in [0.3, 0.4) is 0 Å². The van der Waals surface area contributed by atoms with E-state index in [0.29, 0.717) is 29.8 Å². The number of anilines is 1. The fourth-order valence-corrected chi connectivity index (χ4v) is 3.09. The molecule has 2 fully saturated rings. The second-order valence-electron chi connectivity index (χ2n) is 5.47. The lowest BCUT2D eigenvalue weighted by atomic mass is 10.1. The lowest BCUT2D eigenvalue weighted by Crippen LogP contribution is -2.45. The number of hydrogen-bond donors (Lipinski definition) is 3. The Bertz CT molecular complexity index is 563. The number of fused-ring (bicyclic) bond motifs is 1. The minimum Gasteiger partial charge on any atom is -0.497 e. The predicted molar refractivity (Wildman–Crippen MR) is 88.2 cm³/mol. The molecule has 23 heavy (non-hydrogen) atoms. The Hall–Kier alpha value is -1.61. The van der Waals surface area contributed by atoms with Gasteiger partial charge in [-0.3, -0.25) is 0 Å². The van der Waals surface area contributed by atoms with E-state index in [1.807, 2.05) is 12.1 Å². The zero-order valence-corrected chi connectivity index (χ0v) is 13.8. The van der Waals surface area contributed by atoms with E-state index >= 15 is 0 Å². The predicted octanol–water partition coefficient (Wildman–Crippen LogP) is 0.517. The molecule has 0 bridgehead atoms. The smallest absolute Gasteiger partial charge is 0.171 e. The van der Waals surface area contributed by atoms with Gasteiger partial charge >= 0.3 is 0 Å². The van der Waals surface area contributed by atoms with Crippen LogP contribution in [0, 0.1) is 0 Å². The molecule has 3 N–H and O–H groups in total. The highest BCUT2D eigenvalue weighted by Crippen LogP contribution is 2.28. The zero-order valence-electron chi connectivity index (χ0n) is 12.9. The first-order valence-corrected chi connectivity index (χ1v) is 7.73. The first-order chi connectivity index (χ1) is 11.1. The van der Waals surface area contributed by atoms with Crippen molar-refractivity contribution >= 4 is 23.0 Å². The van der Waals surface area contributed by atoms with Crippen molar-refractivity contribution in [3.05, 3.63) is 18.2 Å². The summed E-state index contributed by atoms with van der Waals surface area (Å²) in [6.07, 6.45) is -1.05. The summed E-state index contributed by atoms with van der Waals surface area (Å²) < 4.78 is 21.6. The third kappa shape index (κ3) is 3.50. The molecule has 1 aromatic carbocycles. The van der Waals surface area contributed by atoms with Gasteiger partial charge in [-0.1, -0.05) is 0 Å². The molecule has 0 spiro atoms. The van der Waals surface area contributed by atoms with Crippen LogP contribution in [0.25, 0.3) is 0 Å². The maximum Gasteiger partial charge on any atom is 0.171 e. The highest BCUT2D eigenvalue weighted by molar-refractivity contribution is 7.80. The SMILES string of the molecule is COc1cc(NC(=S)N[C@@H]2CO[C@@H]3[C@@H]2OC[C@H]3O)cc(OC)c1. The van der Waals surface area contributed by atoms with Crippen molar-refractivity contribution in [3.63, 3.8) is 0 Å². The molecule has 126 valence electrons. The third-order valence-electron chi connectivity index (χ3n) is 3.95. The molecule has 2 aliphatic heterocycles. The van der Waals surface area contributed by atoms with E-state index in [4.69, 9.17) is 31.2 Å². The van der Waals surface area contributed by atoms with Crippen molar-refractivity contribution in [2.75, 3.05) is 32.8 Å². The summed E-state index contributed by atoms with van der Waals surface area (Å²) in [6, 6.07) is 5.33. The van der Waals surface area contributed by atoms with Crippen molar-refractivity contribution in [1.82, 2.24) is 5.32 Å². The highest BCUT2D eigenvalue weighted by Gasteiger charge is 2.47. The van der Waals surface area contributed by atoms with Gasteiger partial charge in [-0.15, -0.1) is 0 Å². The molecule has 0 amide bonds. The van der Waals surface area contributed by atoms with Crippen molar-refractivity contribution in [2.24, 2.45) is 0 Å². The number of hydrogen-bond acceptors (Lipinski definition) is 6. The second kappa shape index (κ2) is 6.88. The van der Waals surface area contributed by atoms with Gasteiger partial charge < -0.3 is 34.7 Å². The van der Waals surface area contributed by atoms with Gasteiger partial charge in [-0.25, -0.2) is 0 Å². The van der Waals surface area contributed by atoms with E-state index in [1.54, 1.807) is 20.3 Å². The van der Waals surface area contributed by atoms with E-state index in [-0.39, 0.29) is 18.2 Å².